The molecule has 0 heterocycles. The Morgan fingerprint density at radius 2 is 1.92 bits per heavy atom. The SMILES string of the molecule is C[C@](N)(CCO)c1ccc(Br)cc1. The number of nitrogens with two attached hydrogens (primary N) is 1. The van der Waals surface area contributed by atoms with Gasteiger partial charge in [-0.15, -0.1) is 0 Å². The van der Waals surface area contributed by atoms with Gasteiger partial charge in [-0.05, 0) is 31.0 Å². The monoisotopic (exact) mass is 243 g/mol. The lowest BCUT2D eigenvalue weighted by Gasteiger charge is -2.24. The zero-order valence-corrected chi connectivity index (χ0v) is 9.21. The predicted octanol–water partition coefficient (Wildman–Crippen LogP) is 2.01. The molecular formula is C10H14BrNO. The first-order chi connectivity index (χ1) is 6.06. The zero-order chi connectivity index (χ0) is 9.90. The van der Waals surface area contributed by atoms with E-state index in [0.29, 0.717) is 6.42 Å². The molecule has 1 aromatic rings. The molecule has 13 heavy (non-hydrogen) atoms. The third kappa shape index (κ3) is 2.79. The minimum absolute atomic E-state index is 0.114. The van der Waals surface area contributed by atoms with Crippen LogP contribution in [0.15, 0.2) is 28.7 Å². The maximum absolute atomic E-state index is 8.83. The van der Waals surface area contributed by atoms with Crippen molar-refractivity contribution in [1.29, 1.82) is 0 Å². The molecule has 0 aliphatic carbocycles. The second kappa shape index (κ2) is 4.22. The van der Waals surface area contributed by atoms with Gasteiger partial charge in [0.2, 0.25) is 0 Å². The molecule has 0 aromatic heterocycles. The first kappa shape index (κ1) is 10.7. The quantitative estimate of drug-likeness (QED) is 0.854. The number of aliphatic hydroxyl groups is 1. The molecule has 2 nitrogen and oxygen atoms in total. The van der Waals surface area contributed by atoms with Crippen molar-refractivity contribution in [2.24, 2.45) is 5.73 Å². The first-order valence-corrected chi connectivity index (χ1v) is 5.01. The smallest absolute Gasteiger partial charge is 0.0451 e. The van der Waals surface area contributed by atoms with Gasteiger partial charge in [0.1, 0.15) is 0 Å². The molecule has 0 unspecified atom stereocenters. The minimum Gasteiger partial charge on any atom is -0.396 e. The van der Waals surface area contributed by atoms with Crippen molar-refractivity contribution in [2.75, 3.05) is 6.61 Å². The van der Waals surface area contributed by atoms with Gasteiger partial charge in [-0.25, -0.2) is 0 Å². The van der Waals surface area contributed by atoms with E-state index in [4.69, 9.17) is 10.8 Å². The molecule has 0 saturated heterocycles. The predicted molar refractivity (Wildman–Crippen MR) is 57.4 cm³/mol. The van der Waals surface area contributed by atoms with Crippen molar-refractivity contribution >= 4 is 15.9 Å². The summed E-state index contributed by atoms with van der Waals surface area (Å²) in [4.78, 5) is 0. The summed E-state index contributed by atoms with van der Waals surface area (Å²) in [5.41, 5.74) is 6.63. The summed E-state index contributed by atoms with van der Waals surface area (Å²) in [5, 5.41) is 8.83. The van der Waals surface area contributed by atoms with Crippen molar-refractivity contribution < 1.29 is 5.11 Å². The van der Waals surface area contributed by atoms with Gasteiger partial charge in [-0.3, -0.25) is 0 Å². The lowest BCUT2D eigenvalue weighted by Crippen LogP contribution is -2.33. The van der Waals surface area contributed by atoms with Crippen LogP contribution in [0.5, 0.6) is 0 Å². The van der Waals surface area contributed by atoms with E-state index in [1.165, 1.54) is 0 Å². The van der Waals surface area contributed by atoms with Crippen LogP contribution in [0.4, 0.5) is 0 Å². The van der Waals surface area contributed by atoms with Crippen LogP contribution in [0.2, 0.25) is 0 Å². The molecule has 0 bridgehead atoms. The van der Waals surface area contributed by atoms with Gasteiger partial charge >= 0.3 is 0 Å². The Morgan fingerprint density at radius 3 is 2.38 bits per heavy atom. The van der Waals surface area contributed by atoms with Crippen LogP contribution < -0.4 is 5.73 Å². The molecule has 1 atom stereocenters. The number of hydrogen-bond donors (Lipinski definition) is 2. The highest BCUT2D eigenvalue weighted by atomic mass is 79.9. The highest BCUT2D eigenvalue weighted by molar-refractivity contribution is 9.10. The van der Waals surface area contributed by atoms with Gasteiger partial charge < -0.3 is 10.8 Å². The molecule has 0 radical (unpaired) electrons. The van der Waals surface area contributed by atoms with Gasteiger partial charge in [-0.2, -0.15) is 0 Å². The fourth-order valence-corrected chi connectivity index (χ4v) is 1.47. The normalized spacial score (nSPS) is 15.4. The van der Waals surface area contributed by atoms with Crippen LogP contribution >= 0.6 is 15.9 Å². The summed E-state index contributed by atoms with van der Waals surface area (Å²) in [5.74, 6) is 0. The van der Waals surface area contributed by atoms with Crippen LogP contribution in [0.25, 0.3) is 0 Å². The summed E-state index contributed by atoms with van der Waals surface area (Å²) in [7, 11) is 0. The standard InChI is InChI=1S/C10H14BrNO/c1-10(12,6-7-13)8-2-4-9(11)5-3-8/h2-5,13H,6-7,12H2,1H3/t10-/m0/s1. The number of benzene rings is 1. The van der Waals surface area contributed by atoms with Crippen molar-refractivity contribution in [3.63, 3.8) is 0 Å². The van der Waals surface area contributed by atoms with E-state index in [1.807, 2.05) is 31.2 Å². The topological polar surface area (TPSA) is 46.2 Å². The molecular weight excluding hydrogens is 230 g/mol. The van der Waals surface area contributed by atoms with Crippen molar-refractivity contribution in [3.05, 3.63) is 34.3 Å². The molecule has 0 spiro atoms. The first-order valence-electron chi connectivity index (χ1n) is 4.22. The summed E-state index contributed by atoms with van der Waals surface area (Å²) >= 11 is 3.36. The Hall–Kier alpha value is -0.380. The van der Waals surface area contributed by atoms with E-state index in [-0.39, 0.29) is 6.61 Å². The van der Waals surface area contributed by atoms with Crippen molar-refractivity contribution in [1.82, 2.24) is 0 Å². The Balaban J connectivity index is 2.87. The van der Waals surface area contributed by atoms with Crippen LogP contribution in [-0.4, -0.2) is 11.7 Å². The average molecular weight is 244 g/mol. The van der Waals surface area contributed by atoms with Crippen LogP contribution in [0, 0.1) is 0 Å². The van der Waals surface area contributed by atoms with E-state index in [2.05, 4.69) is 15.9 Å². The molecule has 0 saturated carbocycles. The summed E-state index contributed by atoms with van der Waals surface area (Å²) in [6.07, 6.45) is 0.578. The van der Waals surface area contributed by atoms with Crippen LogP contribution in [-0.2, 0) is 5.54 Å². The van der Waals surface area contributed by atoms with E-state index >= 15 is 0 Å². The number of rotatable bonds is 3. The largest absolute Gasteiger partial charge is 0.396 e. The Morgan fingerprint density at radius 1 is 1.38 bits per heavy atom. The zero-order valence-electron chi connectivity index (χ0n) is 7.63. The van der Waals surface area contributed by atoms with Crippen LogP contribution in [0.3, 0.4) is 0 Å². The third-order valence-electron chi connectivity index (χ3n) is 2.13. The van der Waals surface area contributed by atoms with E-state index in [9.17, 15) is 0 Å². The van der Waals surface area contributed by atoms with E-state index < -0.39 is 5.54 Å². The third-order valence-corrected chi connectivity index (χ3v) is 2.66. The van der Waals surface area contributed by atoms with E-state index in [0.717, 1.165) is 10.0 Å². The maximum atomic E-state index is 8.83. The highest BCUT2D eigenvalue weighted by Gasteiger charge is 2.19. The molecule has 1 rings (SSSR count). The molecule has 0 aliphatic rings. The molecule has 3 heteroatoms. The Kier molecular flexibility index (Phi) is 3.47. The fourth-order valence-electron chi connectivity index (χ4n) is 1.21. The second-order valence-electron chi connectivity index (χ2n) is 3.40. The molecule has 3 N–H and O–H groups in total. The van der Waals surface area contributed by atoms with Crippen molar-refractivity contribution in [3.8, 4) is 0 Å². The molecule has 0 fully saturated rings. The van der Waals surface area contributed by atoms with Gasteiger partial charge in [0.05, 0.1) is 0 Å². The van der Waals surface area contributed by atoms with Crippen molar-refractivity contribution in [2.45, 2.75) is 18.9 Å². The highest BCUT2D eigenvalue weighted by Crippen LogP contribution is 2.22. The van der Waals surface area contributed by atoms with Gasteiger partial charge in [0, 0.05) is 16.6 Å². The number of hydrogen-bond acceptors (Lipinski definition) is 2. The van der Waals surface area contributed by atoms with Gasteiger partial charge in [0.25, 0.3) is 0 Å². The molecule has 0 aliphatic heterocycles. The molecule has 72 valence electrons. The lowest BCUT2D eigenvalue weighted by atomic mass is 9.90. The summed E-state index contributed by atoms with van der Waals surface area (Å²) < 4.78 is 1.04. The van der Waals surface area contributed by atoms with E-state index in [1.54, 1.807) is 0 Å². The summed E-state index contributed by atoms with van der Waals surface area (Å²) in [6, 6.07) is 7.86. The van der Waals surface area contributed by atoms with Gasteiger partial charge in [-0.1, -0.05) is 28.1 Å². The lowest BCUT2D eigenvalue weighted by molar-refractivity contribution is 0.247. The Labute approximate surface area is 86.9 Å². The number of aliphatic hydroxyl groups excluding tert-OH is 1. The van der Waals surface area contributed by atoms with Crippen LogP contribution in [0.1, 0.15) is 18.9 Å². The average Bonchev–Trinajstić information content (AvgIpc) is 2.05. The number of halogens is 1. The Bertz CT molecular complexity index is 269. The molecule has 1 aromatic carbocycles. The van der Waals surface area contributed by atoms with Gasteiger partial charge in [0.15, 0.2) is 0 Å². The second-order valence-corrected chi connectivity index (χ2v) is 4.31. The fraction of sp³-hybridized carbons (Fsp3) is 0.400. The summed E-state index contributed by atoms with van der Waals surface area (Å²) in [6.45, 7) is 2.04. The minimum atomic E-state index is -0.435. The maximum Gasteiger partial charge on any atom is 0.0451 e. The molecule has 0 amide bonds.